The van der Waals surface area contributed by atoms with E-state index < -0.39 is 11.0 Å². The highest BCUT2D eigenvalue weighted by Crippen LogP contribution is 2.36. The lowest BCUT2D eigenvalue weighted by Gasteiger charge is -2.33. The normalized spacial score (nSPS) is 16.9. The summed E-state index contributed by atoms with van der Waals surface area (Å²) in [5.41, 5.74) is 3.28. The lowest BCUT2D eigenvalue weighted by molar-refractivity contribution is 0.0815. The quantitative estimate of drug-likeness (QED) is 0.274. The van der Waals surface area contributed by atoms with E-state index in [1.165, 1.54) is 12.3 Å². The van der Waals surface area contributed by atoms with Crippen LogP contribution in [0, 0.1) is 0 Å². The number of phenols is 1. The van der Waals surface area contributed by atoms with Gasteiger partial charge in [-0.3, -0.25) is 9.59 Å². The molecule has 0 spiro atoms. The average Bonchev–Trinajstić information content (AvgIpc) is 3.80. The molecule has 0 radical (unpaired) electrons. The third-order valence-electron chi connectivity index (χ3n) is 9.03. The van der Waals surface area contributed by atoms with Gasteiger partial charge in [-0.25, -0.2) is 18.5 Å². The van der Waals surface area contributed by atoms with Crippen LogP contribution in [-0.4, -0.2) is 85.5 Å². The number of anilines is 1. The molecule has 12 nitrogen and oxygen atoms in total. The highest BCUT2D eigenvalue weighted by atomic mass is 32.2. The van der Waals surface area contributed by atoms with Crippen molar-refractivity contribution in [1.82, 2.24) is 23.7 Å². The number of amides is 1. The number of carbonyl (C=O) groups excluding carboxylic acids is 1. The fourth-order valence-electron chi connectivity index (χ4n) is 6.56. The molecule has 5 aromatic rings. The lowest BCUT2D eigenvalue weighted by Crippen LogP contribution is -2.46. The summed E-state index contributed by atoms with van der Waals surface area (Å²) >= 11 is 0. The molecular formula is C33H36N6O6S. The molecule has 46 heavy (non-hydrogen) atoms. The van der Waals surface area contributed by atoms with Gasteiger partial charge in [0.15, 0.2) is 11.5 Å². The van der Waals surface area contributed by atoms with E-state index in [2.05, 4.69) is 9.55 Å². The number of aromatic hydroxyl groups is 1. The van der Waals surface area contributed by atoms with Crippen molar-refractivity contribution in [2.75, 3.05) is 51.4 Å². The molecule has 1 amide bonds. The Morgan fingerprint density at radius 1 is 1.09 bits per heavy atom. The van der Waals surface area contributed by atoms with Gasteiger partial charge in [-0.2, -0.15) is 0 Å². The van der Waals surface area contributed by atoms with Crippen LogP contribution < -0.4 is 10.3 Å². The van der Waals surface area contributed by atoms with Gasteiger partial charge in [-0.05, 0) is 30.5 Å². The van der Waals surface area contributed by atoms with Crippen molar-refractivity contribution in [1.29, 1.82) is 0 Å². The summed E-state index contributed by atoms with van der Waals surface area (Å²) in [5, 5.41) is 11.9. The monoisotopic (exact) mass is 644 g/mol. The predicted octanol–water partition coefficient (Wildman–Crippen LogP) is 4.33. The Morgan fingerprint density at radius 3 is 2.54 bits per heavy atom. The number of hydrogen-bond acceptors (Lipinski definition) is 9. The summed E-state index contributed by atoms with van der Waals surface area (Å²) in [6.07, 6.45) is 9.40. The first-order valence-corrected chi connectivity index (χ1v) is 17.0. The third-order valence-corrected chi connectivity index (χ3v) is 10.1. The number of nitrogens with zero attached hydrogens (tertiary/aromatic N) is 6. The predicted molar refractivity (Wildman–Crippen MR) is 176 cm³/mol. The first-order valence-electron chi connectivity index (χ1n) is 15.5. The van der Waals surface area contributed by atoms with Gasteiger partial charge in [-0.15, -0.1) is 0 Å². The molecule has 7 rings (SSSR count). The van der Waals surface area contributed by atoms with Gasteiger partial charge < -0.3 is 28.3 Å². The van der Waals surface area contributed by atoms with Crippen molar-refractivity contribution in [3.63, 3.8) is 0 Å². The average molecular weight is 645 g/mol. The van der Waals surface area contributed by atoms with E-state index in [4.69, 9.17) is 13.8 Å². The van der Waals surface area contributed by atoms with Crippen LogP contribution in [0.4, 0.5) is 5.88 Å². The molecule has 240 valence electrons. The number of phenolic OH excluding ortho intramolecular Hbond substituents is 1. The molecule has 13 heteroatoms. The summed E-state index contributed by atoms with van der Waals surface area (Å²) in [6.45, 7) is 2.33. The highest BCUT2D eigenvalue weighted by Gasteiger charge is 2.27. The Kier molecular flexibility index (Phi) is 7.89. The lowest BCUT2D eigenvalue weighted by atomic mass is 10.0. The largest absolute Gasteiger partial charge is 0.508 e. The summed E-state index contributed by atoms with van der Waals surface area (Å²) < 4.78 is 27.6. The molecule has 1 saturated heterocycles. The van der Waals surface area contributed by atoms with Crippen molar-refractivity contribution in [2.45, 2.75) is 38.1 Å². The van der Waals surface area contributed by atoms with Gasteiger partial charge >= 0.3 is 0 Å². The topological polar surface area (TPSA) is 138 Å². The zero-order chi connectivity index (χ0) is 32.1. The minimum atomic E-state index is -1.05. The minimum absolute atomic E-state index is 0.0485. The van der Waals surface area contributed by atoms with E-state index in [1.54, 1.807) is 43.6 Å². The highest BCUT2D eigenvalue weighted by molar-refractivity contribution is 7.81. The van der Waals surface area contributed by atoms with Gasteiger partial charge in [0.25, 0.3) is 5.91 Å². The Balaban J connectivity index is 1.18. The fourth-order valence-corrected chi connectivity index (χ4v) is 7.23. The molecule has 2 aliphatic rings. The zero-order valence-electron chi connectivity index (χ0n) is 26.1. The van der Waals surface area contributed by atoms with E-state index in [9.17, 15) is 18.9 Å². The molecule has 2 fully saturated rings. The number of fused-ring (bicyclic) bond motifs is 2. The molecule has 1 aromatic carbocycles. The summed E-state index contributed by atoms with van der Waals surface area (Å²) in [7, 11) is 2.45. The summed E-state index contributed by atoms with van der Waals surface area (Å²) in [5.74, 6) is 0.944. The zero-order valence-corrected chi connectivity index (χ0v) is 26.9. The molecule has 0 bridgehead atoms. The maximum atomic E-state index is 13.1. The van der Waals surface area contributed by atoms with E-state index in [0.29, 0.717) is 65.9 Å². The molecule has 1 aliphatic heterocycles. The number of benzene rings is 1. The van der Waals surface area contributed by atoms with Crippen LogP contribution in [0.25, 0.3) is 33.3 Å². The number of hydrogen-bond donors (Lipinski definition) is 1. The van der Waals surface area contributed by atoms with Crippen LogP contribution in [0.2, 0.25) is 0 Å². The van der Waals surface area contributed by atoms with Crippen LogP contribution >= 0.6 is 0 Å². The maximum Gasteiger partial charge on any atom is 0.270 e. The van der Waals surface area contributed by atoms with Gasteiger partial charge in [-0.1, -0.05) is 25.0 Å². The number of piperazine rings is 1. The Morgan fingerprint density at radius 2 is 1.85 bits per heavy atom. The molecular weight excluding hydrogens is 608 g/mol. The summed E-state index contributed by atoms with van der Waals surface area (Å²) in [6, 6.07) is 8.78. The van der Waals surface area contributed by atoms with Crippen molar-refractivity contribution in [3.05, 3.63) is 70.1 Å². The molecule has 1 saturated carbocycles. The van der Waals surface area contributed by atoms with E-state index in [0.717, 1.165) is 36.7 Å². The smallest absolute Gasteiger partial charge is 0.270 e. The Labute approximate surface area is 267 Å². The van der Waals surface area contributed by atoms with Crippen LogP contribution in [0.3, 0.4) is 0 Å². The SMILES string of the molecule is CN(C)C(=O)c1cc2cnc(Cc3ccc(-c4coc5c(=O)cc(N6CCN([S@](C)=O)CC6)oc45)cc3O)nc2n1C1CCCC1. The van der Waals surface area contributed by atoms with Crippen molar-refractivity contribution in [2.24, 2.45) is 0 Å². The first kappa shape index (κ1) is 30.2. The molecule has 5 heterocycles. The maximum absolute atomic E-state index is 13.1. The third kappa shape index (κ3) is 5.47. The number of rotatable bonds is 7. The van der Waals surface area contributed by atoms with E-state index >= 15 is 0 Å². The second-order valence-corrected chi connectivity index (χ2v) is 13.6. The second-order valence-electron chi connectivity index (χ2n) is 12.2. The van der Waals surface area contributed by atoms with Crippen LogP contribution in [0.1, 0.15) is 53.6 Å². The molecule has 4 aromatic heterocycles. The Bertz CT molecular complexity index is 2030. The molecule has 1 aliphatic carbocycles. The summed E-state index contributed by atoms with van der Waals surface area (Å²) in [4.78, 5) is 39.0. The van der Waals surface area contributed by atoms with Gasteiger partial charge in [0.2, 0.25) is 11.0 Å². The fraction of sp³-hybridized carbons (Fsp3) is 0.394. The Hall–Kier alpha value is -4.49. The van der Waals surface area contributed by atoms with Crippen molar-refractivity contribution < 1.29 is 22.9 Å². The molecule has 0 unspecified atom stereocenters. The number of furan rings is 1. The molecule has 1 atom stereocenters. The standard InChI is InChI=1S/C33H36N6O6S/c1-36(2)33(42)25-14-22-18-34-28(35-32(22)39(25)23-6-4-5-7-23)16-21-9-8-20(15-26(21)40)24-19-44-31-27(41)17-29(45-30(24)31)37-10-12-38(13-11-37)46(3)43/h8-9,14-15,17-19,23,40H,4-7,10-13,16H2,1-3H3/t46-/m0/s1. The van der Waals surface area contributed by atoms with Gasteiger partial charge in [0, 0.05) is 76.1 Å². The van der Waals surface area contributed by atoms with Gasteiger partial charge in [0.05, 0.1) is 22.6 Å². The number of aromatic nitrogens is 3. The molecule has 1 N–H and O–H groups in total. The van der Waals surface area contributed by atoms with Gasteiger partial charge in [0.1, 0.15) is 29.2 Å². The van der Waals surface area contributed by atoms with Crippen LogP contribution in [-0.2, 0) is 17.4 Å². The van der Waals surface area contributed by atoms with Crippen LogP contribution in [0.15, 0.2) is 56.4 Å². The van der Waals surface area contributed by atoms with Crippen molar-refractivity contribution in [3.8, 4) is 16.9 Å². The first-order chi connectivity index (χ1) is 22.2. The van der Waals surface area contributed by atoms with Crippen molar-refractivity contribution >= 4 is 45.0 Å². The number of carbonyl (C=O) groups is 1. The minimum Gasteiger partial charge on any atom is -0.508 e. The second kappa shape index (κ2) is 12.0. The van der Waals surface area contributed by atoms with E-state index in [-0.39, 0.29) is 35.1 Å². The van der Waals surface area contributed by atoms with Crippen LogP contribution in [0.5, 0.6) is 5.75 Å². The van der Waals surface area contributed by atoms with E-state index in [1.807, 2.05) is 21.3 Å².